The third-order valence-electron chi connectivity index (χ3n) is 1.40. The zero-order valence-electron chi connectivity index (χ0n) is 6.57. The lowest BCUT2D eigenvalue weighted by atomic mass is 10.1. The summed E-state index contributed by atoms with van der Waals surface area (Å²) in [5, 5.41) is 9.99. The number of carbonyl (C=O) groups is 1. The van der Waals surface area contributed by atoms with Crippen LogP contribution >= 0.6 is 0 Å². The summed E-state index contributed by atoms with van der Waals surface area (Å²) in [4.78, 5) is 20.2. The summed E-state index contributed by atoms with van der Waals surface area (Å²) in [7, 11) is 1.23. The molecule has 0 saturated carbocycles. The van der Waals surface area contributed by atoms with Crippen LogP contribution in [-0.2, 0) is 9.53 Å². The molecule has 0 fully saturated rings. The Labute approximate surface area is 64.5 Å². The van der Waals surface area contributed by atoms with Gasteiger partial charge in [-0.05, 0) is 6.42 Å². The fraction of sp³-hybridized carbons (Fsp3) is 0.833. The second kappa shape index (κ2) is 4.65. The van der Waals surface area contributed by atoms with E-state index in [4.69, 9.17) is 0 Å². The first-order valence-corrected chi connectivity index (χ1v) is 3.31. The van der Waals surface area contributed by atoms with Gasteiger partial charge >= 0.3 is 5.97 Å². The van der Waals surface area contributed by atoms with Crippen molar-refractivity contribution in [1.82, 2.24) is 0 Å². The average molecular weight is 161 g/mol. The van der Waals surface area contributed by atoms with Gasteiger partial charge in [-0.2, -0.15) is 0 Å². The lowest BCUT2D eigenvalue weighted by molar-refractivity contribution is -0.486. The molecule has 0 aromatic carbocycles. The lowest BCUT2D eigenvalue weighted by Gasteiger charge is -2.05. The highest BCUT2D eigenvalue weighted by atomic mass is 16.6. The highest BCUT2D eigenvalue weighted by Crippen LogP contribution is 2.04. The molecule has 0 spiro atoms. The first-order chi connectivity index (χ1) is 5.11. The summed E-state index contributed by atoms with van der Waals surface area (Å²) in [6.45, 7) is 1.37. The summed E-state index contributed by atoms with van der Waals surface area (Å²) in [6.07, 6.45) is 0.438. The Balaban J connectivity index is 3.94. The van der Waals surface area contributed by atoms with E-state index in [2.05, 4.69) is 4.74 Å². The van der Waals surface area contributed by atoms with E-state index in [0.29, 0.717) is 6.42 Å². The smallest absolute Gasteiger partial charge is 0.315 e. The molecule has 1 atom stereocenters. The van der Waals surface area contributed by atoms with Crippen LogP contribution in [0.2, 0.25) is 0 Å². The van der Waals surface area contributed by atoms with Crippen LogP contribution in [0.15, 0.2) is 0 Å². The molecule has 0 heterocycles. The second-order valence-corrected chi connectivity index (χ2v) is 2.14. The van der Waals surface area contributed by atoms with E-state index in [9.17, 15) is 14.9 Å². The van der Waals surface area contributed by atoms with Gasteiger partial charge in [-0.3, -0.25) is 14.9 Å². The van der Waals surface area contributed by atoms with Gasteiger partial charge in [0.1, 0.15) is 5.92 Å². The first-order valence-electron chi connectivity index (χ1n) is 3.31. The Morgan fingerprint density at radius 2 is 2.27 bits per heavy atom. The van der Waals surface area contributed by atoms with Crippen molar-refractivity contribution >= 4 is 5.97 Å². The number of ether oxygens (including phenoxy) is 1. The molecule has 0 aliphatic heterocycles. The van der Waals surface area contributed by atoms with Crippen molar-refractivity contribution in [2.75, 3.05) is 13.7 Å². The number of hydrogen-bond acceptors (Lipinski definition) is 4. The molecule has 0 rings (SSSR count). The van der Waals surface area contributed by atoms with Gasteiger partial charge in [0.25, 0.3) is 0 Å². The summed E-state index contributed by atoms with van der Waals surface area (Å²) in [5.41, 5.74) is 0. The molecule has 11 heavy (non-hydrogen) atoms. The van der Waals surface area contributed by atoms with E-state index >= 15 is 0 Å². The molecule has 0 amide bonds. The Hall–Kier alpha value is -1.13. The maximum atomic E-state index is 10.8. The van der Waals surface area contributed by atoms with Crippen LogP contribution in [0.3, 0.4) is 0 Å². The van der Waals surface area contributed by atoms with Crippen LogP contribution in [0.5, 0.6) is 0 Å². The number of esters is 1. The van der Waals surface area contributed by atoms with E-state index in [-0.39, 0.29) is 6.54 Å². The van der Waals surface area contributed by atoms with Crippen LogP contribution in [0, 0.1) is 16.0 Å². The van der Waals surface area contributed by atoms with Gasteiger partial charge in [-0.1, -0.05) is 6.92 Å². The topological polar surface area (TPSA) is 69.4 Å². The fourth-order valence-corrected chi connectivity index (χ4v) is 0.717. The Morgan fingerprint density at radius 3 is 2.55 bits per heavy atom. The zero-order valence-corrected chi connectivity index (χ0v) is 6.57. The molecule has 0 aliphatic rings. The van der Waals surface area contributed by atoms with Gasteiger partial charge in [-0.15, -0.1) is 0 Å². The largest absolute Gasteiger partial charge is 0.469 e. The molecule has 5 heteroatoms. The molecule has 0 unspecified atom stereocenters. The van der Waals surface area contributed by atoms with Gasteiger partial charge in [0.15, 0.2) is 0 Å². The predicted molar refractivity (Wildman–Crippen MR) is 37.7 cm³/mol. The number of methoxy groups -OCH3 is 1. The standard InChI is InChI=1S/C6H11NO4/c1-3-5(4-7(9)10)6(8)11-2/h5H,3-4H2,1-2H3/t5-/m1/s1. The number of hydrogen-bond donors (Lipinski definition) is 0. The van der Waals surface area contributed by atoms with Crippen molar-refractivity contribution in [2.24, 2.45) is 5.92 Å². The van der Waals surface area contributed by atoms with Crippen molar-refractivity contribution in [3.8, 4) is 0 Å². The summed E-state index contributed by atoms with van der Waals surface area (Å²) in [5.74, 6) is -1.11. The van der Waals surface area contributed by atoms with Crippen LogP contribution in [0.25, 0.3) is 0 Å². The highest BCUT2D eigenvalue weighted by molar-refractivity contribution is 5.72. The number of nitrogens with zero attached hydrogens (tertiary/aromatic N) is 1. The SMILES string of the molecule is CC[C@H](C[N+](=O)[O-])C(=O)OC. The summed E-state index contributed by atoms with van der Waals surface area (Å²) >= 11 is 0. The third-order valence-corrected chi connectivity index (χ3v) is 1.40. The maximum absolute atomic E-state index is 10.8. The first kappa shape index (κ1) is 9.87. The Morgan fingerprint density at radius 1 is 1.73 bits per heavy atom. The molecule has 0 aromatic rings. The number of carbonyl (C=O) groups excluding carboxylic acids is 1. The molecular formula is C6H11NO4. The monoisotopic (exact) mass is 161 g/mol. The molecule has 0 saturated heterocycles. The predicted octanol–water partition coefficient (Wildman–Crippen LogP) is 0.462. The quantitative estimate of drug-likeness (QED) is 0.341. The van der Waals surface area contributed by atoms with Crippen LogP contribution in [0.4, 0.5) is 0 Å². The Kier molecular flexibility index (Phi) is 4.17. The van der Waals surface area contributed by atoms with Crippen molar-refractivity contribution in [2.45, 2.75) is 13.3 Å². The Bertz CT molecular complexity index is 157. The van der Waals surface area contributed by atoms with Gasteiger partial charge in [0, 0.05) is 4.92 Å². The fourth-order valence-electron chi connectivity index (χ4n) is 0.717. The van der Waals surface area contributed by atoms with Crippen molar-refractivity contribution in [3.05, 3.63) is 10.1 Å². The van der Waals surface area contributed by atoms with Gasteiger partial charge in [0.2, 0.25) is 6.54 Å². The van der Waals surface area contributed by atoms with Gasteiger partial charge in [0.05, 0.1) is 7.11 Å². The summed E-state index contributed by atoms with van der Waals surface area (Å²) < 4.78 is 4.36. The van der Waals surface area contributed by atoms with Gasteiger partial charge in [-0.25, -0.2) is 0 Å². The molecule has 0 N–H and O–H groups in total. The average Bonchev–Trinajstić information content (AvgIpc) is 1.98. The second-order valence-electron chi connectivity index (χ2n) is 2.14. The zero-order chi connectivity index (χ0) is 8.85. The number of rotatable bonds is 4. The third kappa shape index (κ3) is 3.54. The van der Waals surface area contributed by atoms with E-state index in [1.54, 1.807) is 6.92 Å². The van der Waals surface area contributed by atoms with Crippen LogP contribution < -0.4 is 0 Å². The van der Waals surface area contributed by atoms with Crippen molar-refractivity contribution in [3.63, 3.8) is 0 Å². The minimum absolute atomic E-state index is 0.344. The molecule has 64 valence electrons. The minimum Gasteiger partial charge on any atom is -0.469 e. The molecular weight excluding hydrogens is 150 g/mol. The van der Waals surface area contributed by atoms with Crippen LogP contribution in [0.1, 0.15) is 13.3 Å². The highest BCUT2D eigenvalue weighted by Gasteiger charge is 2.22. The molecule has 0 radical (unpaired) electrons. The molecule has 0 bridgehead atoms. The molecule has 5 nitrogen and oxygen atoms in total. The lowest BCUT2D eigenvalue weighted by Crippen LogP contribution is -2.23. The molecule has 0 aliphatic carbocycles. The van der Waals surface area contributed by atoms with Crippen molar-refractivity contribution < 1.29 is 14.5 Å². The normalized spacial score (nSPS) is 12.2. The maximum Gasteiger partial charge on any atom is 0.315 e. The van der Waals surface area contributed by atoms with E-state index in [0.717, 1.165) is 0 Å². The van der Waals surface area contributed by atoms with E-state index < -0.39 is 16.8 Å². The summed E-state index contributed by atoms with van der Waals surface area (Å²) in [6, 6.07) is 0. The molecule has 0 aromatic heterocycles. The minimum atomic E-state index is -0.602. The number of nitro groups is 1. The van der Waals surface area contributed by atoms with Gasteiger partial charge < -0.3 is 4.74 Å². The van der Waals surface area contributed by atoms with E-state index in [1.807, 2.05) is 0 Å². The van der Waals surface area contributed by atoms with Crippen molar-refractivity contribution in [1.29, 1.82) is 0 Å². The van der Waals surface area contributed by atoms with E-state index in [1.165, 1.54) is 7.11 Å². The van der Waals surface area contributed by atoms with Crippen LogP contribution in [-0.4, -0.2) is 24.5 Å².